The van der Waals surface area contributed by atoms with E-state index in [9.17, 15) is 18.0 Å². The van der Waals surface area contributed by atoms with Gasteiger partial charge in [-0.3, -0.25) is 4.79 Å². The van der Waals surface area contributed by atoms with Gasteiger partial charge in [-0.25, -0.2) is 13.2 Å². The van der Waals surface area contributed by atoms with Crippen molar-refractivity contribution in [3.63, 3.8) is 0 Å². The molecule has 116 valence electrons. The van der Waals surface area contributed by atoms with Gasteiger partial charge in [0.05, 0.1) is 5.56 Å². The summed E-state index contributed by atoms with van der Waals surface area (Å²) in [6.07, 6.45) is 6.87. The number of hydrogen-bond donors (Lipinski definition) is 0. The Balaban J connectivity index is 1.80. The minimum Gasteiger partial charge on any atom is -0.461 e. The van der Waals surface area contributed by atoms with Gasteiger partial charge in [0.25, 0.3) is 0 Å². The third kappa shape index (κ3) is 4.48. The summed E-state index contributed by atoms with van der Waals surface area (Å²) in [5.74, 6) is -3.31. The van der Waals surface area contributed by atoms with Crippen molar-refractivity contribution in [2.75, 3.05) is 0 Å². The topological polar surface area (TPSA) is 26.3 Å². The number of esters is 1. The molecule has 0 amide bonds. The molecule has 0 spiro atoms. The SMILES string of the molecule is O=C(CCC1CCCCC1)OCc1c(F)ccc(F)c1F. The standard InChI is InChI=1S/C16H19F3O2/c17-13-7-8-14(18)16(19)12(13)10-21-15(20)9-6-11-4-2-1-3-5-11/h7-8,11H,1-6,9-10H2. The average Bonchev–Trinajstić information content (AvgIpc) is 2.50. The Labute approximate surface area is 122 Å². The average molecular weight is 300 g/mol. The predicted octanol–water partition coefficient (Wildman–Crippen LogP) is 4.51. The van der Waals surface area contributed by atoms with Crippen molar-refractivity contribution < 1.29 is 22.7 Å². The molecule has 1 fully saturated rings. The van der Waals surface area contributed by atoms with E-state index in [1.165, 1.54) is 19.3 Å². The van der Waals surface area contributed by atoms with Gasteiger partial charge in [-0.15, -0.1) is 0 Å². The highest BCUT2D eigenvalue weighted by atomic mass is 19.2. The van der Waals surface area contributed by atoms with E-state index in [0.717, 1.165) is 25.3 Å². The van der Waals surface area contributed by atoms with Gasteiger partial charge in [-0.05, 0) is 24.5 Å². The molecule has 1 aromatic carbocycles. The number of carbonyl (C=O) groups is 1. The summed E-state index contributed by atoms with van der Waals surface area (Å²) in [6.45, 7) is -0.571. The molecule has 0 N–H and O–H groups in total. The normalized spacial score (nSPS) is 16.0. The smallest absolute Gasteiger partial charge is 0.306 e. The van der Waals surface area contributed by atoms with E-state index in [-0.39, 0.29) is 6.42 Å². The fraction of sp³-hybridized carbons (Fsp3) is 0.562. The fourth-order valence-electron chi connectivity index (χ4n) is 2.72. The first-order valence-electron chi connectivity index (χ1n) is 7.36. The highest BCUT2D eigenvalue weighted by Gasteiger charge is 2.18. The van der Waals surface area contributed by atoms with Gasteiger partial charge >= 0.3 is 5.97 Å². The second kappa shape index (κ2) is 7.48. The van der Waals surface area contributed by atoms with Crippen molar-refractivity contribution in [3.8, 4) is 0 Å². The third-order valence-corrected chi connectivity index (χ3v) is 4.00. The Kier molecular flexibility index (Phi) is 5.65. The van der Waals surface area contributed by atoms with Crippen LogP contribution in [0.5, 0.6) is 0 Å². The molecule has 2 nitrogen and oxygen atoms in total. The van der Waals surface area contributed by atoms with Crippen molar-refractivity contribution >= 4 is 5.97 Å². The second-order valence-electron chi connectivity index (χ2n) is 5.53. The van der Waals surface area contributed by atoms with Crippen molar-refractivity contribution in [1.29, 1.82) is 0 Å². The maximum atomic E-state index is 13.4. The highest BCUT2D eigenvalue weighted by molar-refractivity contribution is 5.69. The van der Waals surface area contributed by atoms with E-state index in [1.54, 1.807) is 0 Å². The Hall–Kier alpha value is -1.52. The van der Waals surface area contributed by atoms with Crippen LogP contribution in [0.3, 0.4) is 0 Å². The lowest BCUT2D eigenvalue weighted by Gasteiger charge is -2.20. The third-order valence-electron chi connectivity index (χ3n) is 4.00. The molecule has 0 aromatic heterocycles. The lowest BCUT2D eigenvalue weighted by molar-refractivity contribution is -0.145. The Bertz CT molecular complexity index is 497. The summed E-state index contributed by atoms with van der Waals surface area (Å²) in [6, 6.07) is 1.53. The number of rotatable bonds is 5. The van der Waals surface area contributed by atoms with Crippen LogP contribution in [0.15, 0.2) is 12.1 Å². The molecule has 0 heterocycles. The largest absolute Gasteiger partial charge is 0.461 e. The van der Waals surface area contributed by atoms with Crippen LogP contribution in [0.4, 0.5) is 13.2 Å². The van der Waals surface area contributed by atoms with E-state index in [2.05, 4.69) is 0 Å². The minimum absolute atomic E-state index is 0.239. The monoisotopic (exact) mass is 300 g/mol. The summed E-state index contributed by atoms with van der Waals surface area (Å²) in [4.78, 5) is 11.6. The molecular formula is C16H19F3O2. The zero-order valence-electron chi connectivity index (χ0n) is 11.8. The van der Waals surface area contributed by atoms with Crippen LogP contribution in [0.1, 0.15) is 50.5 Å². The van der Waals surface area contributed by atoms with E-state index < -0.39 is 35.6 Å². The number of halogens is 3. The molecular weight excluding hydrogens is 281 g/mol. The molecule has 5 heteroatoms. The van der Waals surface area contributed by atoms with Gasteiger partial charge in [0.2, 0.25) is 0 Å². The molecule has 0 atom stereocenters. The Morgan fingerprint density at radius 1 is 1.10 bits per heavy atom. The fourth-order valence-corrected chi connectivity index (χ4v) is 2.72. The molecule has 0 unspecified atom stereocenters. The summed E-state index contributed by atoms with van der Waals surface area (Å²) in [5, 5.41) is 0. The molecule has 0 radical (unpaired) electrons. The lowest BCUT2D eigenvalue weighted by Crippen LogP contribution is -2.12. The van der Waals surface area contributed by atoms with E-state index in [1.807, 2.05) is 0 Å². The van der Waals surface area contributed by atoms with Crippen LogP contribution in [-0.2, 0) is 16.1 Å². The van der Waals surface area contributed by atoms with Gasteiger partial charge in [0, 0.05) is 6.42 Å². The van der Waals surface area contributed by atoms with Crippen molar-refractivity contribution in [2.45, 2.75) is 51.6 Å². The molecule has 0 bridgehead atoms. The van der Waals surface area contributed by atoms with Gasteiger partial charge in [-0.1, -0.05) is 32.1 Å². The number of ether oxygens (including phenoxy) is 1. The van der Waals surface area contributed by atoms with Crippen LogP contribution in [0.2, 0.25) is 0 Å². The van der Waals surface area contributed by atoms with Crippen LogP contribution >= 0.6 is 0 Å². The van der Waals surface area contributed by atoms with Crippen LogP contribution in [0.25, 0.3) is 0 Å². The second-order valence-corrected chi connectivity index (χ2v) is 5.53. The van der Waals surface area contributed by atoms with E-state index in [0.29, 0.717) is 12.0 Å². The number of hydrogen-bond acceptors (Lipinski definition) is 2. The van der Waals surface area contributed by atoms with Gasteiger partial charge < -0.3 is 4.74 Å². The van der Waals surface area contributed by atoms with Crippen molar-refractivity contribution in [3.05, 3.63) is 35.1 Å². The summed E-state index contributed by atoms with van der Waals surface area (Å²) < 4.78 is 44.6. The Morgan fingerprint density at radius 2 is 1.76 bits per heavy atom. The highest BCUT2D eigenvalue weighted by Crippen LogP contribution is 2.27. The molecule has 1 aliphatic rings. The predicted molar refractivity (Wildman–Crippen MR) is 71.9 cm³/mol. The molecule has 1 aliphatic carbocycles. The maximum absolute atomic E-state index is 13.4. The van der Waals surface area contributed by atoms with E-state index in [4.69, 9.17) is 4.74 Å². The van der Waals surface area contributed by atoms with Crippen LogP contribution in [-0.4, -0.2) is 5.97 Å². The first-order valence-corrected chi connectivity index (χ1v) is 7.36. The number of carbonyl (C=O) groups excluding carboxylic acids is 1. The Morgan fingerprint density at radius 3 is 2.48 bits per heavy atom. The summed E-state index contributed by atoms with van der Waals surface area (Å²) in [7, 11) is 0. The molecule has 0 aliphatic heterocycles. The maximum Gasteiger partial charge on any atom is 0.306 e. The van der Waals surface area contributed by atoms with Crippen LogP contribution in [0, 0.1) is 23.4 Å². The van der Waals surface area contributed by atoms with Gasteiger partial charge in [0.1, 0.15) is 12.4 Å². The quantitative estimate of drug-likeness (QED) is 0.591. The zero-order chi connectivity index (χ0) is 15.2. The minimum atomic E-state index is -1.30. The number of benzene rings is 1. The first-order chi connectivity index (χ1) is 10.1. The zero-order valence-corrected chi connectivity index (χ0v) is 11.8. The summed E-state index contributed by atoms with van der Waals surface area (Å²) in [5.41, 5.74) is -0.541. The van der Waals surface area contributed by atoms with Crippen LogP contribution < -0.4 is 0 Å². The molecule has 1 saturated carbocycles. The van der Waals surface area contributed by atoms with Crippen molar-refractivity contribution in [1.82, 2.24) is 0 Å². The first kappa shape index (κ1) is 15.9. The van der Waals surface area contributed by atoms with Gasteiger partial charge in [0.15, 0.2) is 11.6 Å². The van der Waals surface area contributed by atoms with Gasteiger partial charge in [-0.2, -0.15) is 0 Å². The molecule has 1 aromatic rings. The summed E-state index contributed by atoms with van der Waals surface area (Å²) >= 11 is 0. The van der Waals surface area contributed by atoms with Crippen molar-refractivity contribution in [2.24, 2.45) is 5.92 Å². The molecule has 0 saturated heterocycles. The van der Waals surface area contributed by atoms with E-state index >= 15 is 0 Å². The molecule has 21 heavy (non-hydrogen) atoms. The molecule has 2 rings (SSSR count). The lowest BCUT2D eigenvalue weighted by atomic mass is 9.86.